The Kier molecular flexibility index (Phi) is 4.84. The van der Waals surface area contributed by atoms with Crippen molar-refractivity contribution >= 4 is 11.5 Å². The molecule has 0 spiro atoms. The summed E-state index contributed by atoms with van der Waals surface area (Å²) < 4.78 is 5.68. The Bertz CT molecular complexity index is 480. The number of hydrogen-bond acceptors (Lipinski definition) is 4. The van der Waals surface area contributed by atoms with E-state index in [1.807, 2.05) is 19.1 Å². The van der Waals surface area contributed by atoms with E-state index in [1.54, 1.807) is 0 Å². The molecule has 0 aliphatic carbocycles. The van der Waals surface area contributed by atoms with Gasteiger partial charge in [-0.05, 0) is 38.3 Å². The SMILES string of the molecule is CCOC1CCN(c2c(C)cccc2/C(N)=N/O)CC1. The molecule has 1 aliphatic heterocycles. The van der Waals surface area contributed by atoms with E-state index < -0.39 is 0 Å². The molecule has 0 aromatic heterocycles. The molecule has 20 heavy (non-hydrogen) atoms. The molecule has 1 aliphatic rings. The minimum absolute atomic E-state index is 0.163. The van der Waals surface area contributed by atoms with Crippen LogP contribution in [0.1, 0.15) is 30.9 Å². The average Bonchev–Trinajstić information content (AvgIpc) is 2.47. The monoisotopic (exact) mass is 277 g/mol. The van der Waals surface area contributed by atoms with Gasteiger partial charge in [-0.25, -0.2) is 0 Å². The highest BCUT2D eigenvalue weighted by molar-refractivity contribution is 6.02. The molecule has 0 unspecified atom stereocenters. The summed E-state index contributed by atoms with van der Waals surface area (Å²) in [6.45, 7) is 6.72. The number of anilines is 1. The quantitative estimate of drug-likeness (QED) is 0.382. The summed E-state index contributed by atoms with van der Waals surface area (Å²) in [6.07, 6.45) is 2.38. The second kappa shape index (κ2) is 6.61. The van der Waals surface area contributed by atoms with Gasteiger partial charge in [0.15, 0.2) is 5.84 Å². The first-order valence-corrected chi connectivity index (χ1v) is 7.11. The van der Waals surface area contributed by atoms with Gasteiger partial charge in [0.05, 0.1) is 11.8 Å². The third-order valence-electron chi connectivity index (χ3n) is 3.78. The first-order valence-electron chi connectivity index (χ1n) is 7.11. The van der Waals surface area contributed by atoms with Gasteiger partial charge in [0.25, 0.3) is 0 Å². The first-order chi connectivity index (χ1) is 9.67. The van der Waals surface area contributed by atoms with E-state index >= 15 is 0 Å². The van der Waals surface area contributed by atoms with Gasteiger partial charge in [0.1, 0.15) is 0 Å². The standard InChI is InChI=1S/C15H23N3O2/c1-3-20-12-7-9-18(10-8-12)14-11(2)5-4-6-13(14)15(16)17-19/h4-6,12,19H,3,7-10H2,1-2H3,(H2,16,17). The van der Waals surface area contributed by atoms with Gasteiger partial charge >= 0.3 is 0 Å². The molecule has 110 valence electrons. The highest BCUT2D eigenvalue weighted by atomic mass is 16.5. The van der Waals surface area contributed by atoms with E-state index in [-0.39, 0.29) is 5.84 Å². The van der Waals surface area contributed by atoms with Gasteiger partial charge in [-0.3, -0.25) is 0 Å². The first kappa shape index (κ1) is 14.7. The van der Waals surface area contributed by atoms with Crippen LogP contribution in [-0.4, -0.2) is 36.8 Å². The fraction of sp³-hybridized carbons (Fsp3) is 0.533. The molecule has 1 aromatic rings. The Hall–Kier alpha value is -1.75. The smallest absolute Gasteiger partial charge is 0.172 e. The van der Waals surface area contributed by atoms with Crippen molar-refractivity contribution in [3.8, 4) is 0 Å². The van der Waals surface area contributed by atoms with Crippen LogP contribution in [0.3, 0.4) is 0 Å². The van der Waals surface area contributed by atoms with Gasteiger partial charge in [0, 0.05) is 25.3 Å². The Morgan fingerprint density at radius 1 is 1.45 bits per heavy atom. The lowest BCUT2D eigenvalue weighted by Gasteiger charge is -2.35. The summed E-state index contributed by atoms with van der Waals surface area (Å²) in [5, 5.41) is 12.1. The minimum atomic E-state index is 0.163. The molecule has 1 aromatic carbocycles. The summed E-state index contributed by atoms with van der Waals surface area (Å²) in [4.78, 5) is 2.30. The van der Waals surface area contributed by atoms with Crippen molar-refractivity contribution in [2.75, 3.05) is 24.6 Å². The van der Waals surface area contributed by atoms with E-state index in [2.05, 4.69) is 23.0 Å². The lowest BCUT2D eigenvalue weighted by Crippen LogP contribution is -2.38. The zero-order valence-corrected chi connectivity index (χ0v) is 12.2. The molecule has 1 heterocycles. The van der Waals surface area contributed by atoms with Crippen LogP contribution in [-0.2, 0) is 4.74 Å². The molecule has 0 radical (unpaired) electrons. The number of aryl methyl sites for hydroxylation is 1. The Labute approximate surface area is 120 Å². The number of oxime groups is 1. The molecule has 5 nitrogen and oxygen atoms in total. The molecule has 0 saturated carbocycles. The van der Waals surface area contributed by atoms with Crippen LogP contribution in [0, 0.1) is 6.92 Å². The fourth-order valence-electron chi connectivity index (χ4n) is 2.82. The number of nitrogens with two attached hydrogens (primary N) is 1. The van der Waals surface area contributed by atoms with Crippen LogP contribution in [0.4, 0.5) is 5.69 Å². The number of hydrogen-bond donors (Lipinski definition) is 2. The summed E-state index contributed by atoms with van der Waals surface area (Å²) in [5.74, 6) is 0.163. The number of amidine groups is 1. The third-order valence-corrected chi connectivity index (χ3v) is 3.78. The molecule has 3 N–H and O–H groups in total. The van der Waals surface area contributed by atoms with Crippen LogP contribution in [0.25, 0.3) is 0 Å². The lowest BCUT2D eigenvalue weighted by molar-refractivity contribution is 0.0459. The molecule has 1 saturated heterocycles. The number of para-hydroxylation sites is 1. The van der Waals surface area contributed by atoms with Crippen LogP contribution in [0.5, 0.6) is 0 Å². The van der Waals surface area contributed by atoms with Crippen molar-refractivity contribution in [2.24, 2.45) is 10.9 Å². The fourth-order valence-corrected chi connectivity index (χ4v) is 2.82. The van der Waals surface area contributed by atoms with Crippen LogP contribution < -0.4 is 10.6 Å². The van der Waals surface area contributed by atoms with E-state index in [0.717, 1.165) is 49.4 Å². The predicted molar refractivity (Wildman–Crippen MR) is 80.6 cm³/mol. The summed E-state index contributed by atoms with van der Waals surface area (Å²) in [6, 6.07) is 5.88. The molecule has 5 heteroatoms. The van der Waals surface area contributed by atoms with Crippen molar-refractivity contribution in [3.63, 3.8) is 0 Å². The Balaban J connectivity index is 2.21. The number of nitrogens with zero attached hydrogens (tertiary/aromatic N) is 2. The van der Waals surface area contributed by atoms with Gasteiger partial charge in [-0.15, -0.1) is 0 Å². The van der Waals surface area contributed by atoms with Crippen LogP contribution >= 0.6 is 0 Å². The van der Waals surface area contributed by atoms with Crippen molar-refractivity contribution in [1.29, 1.82) is 0 Å². The zero-order chi connectivity index (χ0) is 14.5. The maximum atomic E-state index is 8.94. The normalized spacial score (nSPS) is 17.5. The van der Waals surface area contributed by atoms with Crippen LogP contribution in [0.15, 0.2) is 23.4 Å². The second-order valence-corrected chi connectivity index (χ2v) is 5.10. The predicted octanol–water partition coefficient (Wildman–Crippen LogP) is 2.09. The number of benzene rings is 1. The van der Waals surface area contributed by atoms with Gasteiger partial charge in [0.2, 0.25) is 0 Å². The van der Waals surface area contributed by atoms with Crippen molar-refractivity contribution in [1.82, 2.24) is 0 Å². The zero-order valence-electron chi connectivity index (χ0n) is 12.2. The molecular formula is C15H23N3O2. The maximum Gasteiger partial charge on any atom is 0.172 e. The van der Waals surface area contributed by atoms with E-state index in [9.17, 15) is 0 Å². The van der Waals surface area contributed by atoms with Gasteiger partial charge < -0.3 is 20.6 Å². The summed E-state index contributed by atoms with van der Waals surface area (Å²) >= 11 is 0. The molecule has 0 atom stereocenters. The van der Waals surface area contributed by atoms with Gasteiger partial charge in [-0.1, -0.05) is 17.3 Å². The number of ether oxygens (including phenoxy) is 1. The summed E-state index contributed by atoms with van der Waals surface area (Å²) in [5.41, 5.74) is 8.80. The highest BCUT2D eigenvalue weighted by Gasteiger charge is 2.23. The molecule has 0 bridgehead atoms. The Morgan fingerprint density at radius 3 is 2.75 bits per heavy atom. The minimum Gasteiger partial charge on any atom is -0.409 e. The van der Waals surface area contributed by atoms with Crippen molar-refractivity contribution in [3.05, 3.63) is 29.3 Å². The summed E-state index contributed by atoms with van der Waals surface area (Å²) in [7, 11) is 0. The lowest BCUT2D eigenvalue weighted by atomic mass is 10.0. The highest BCUT2D eigenvalue weighted by Crippen LogP contribution is 2.28. The molecule has 0 amide bonds. The number of piperidine rings is 1. The largest absolute Gasteiger partial charge is 0.409 e. The van der Waals surface area contributed by atoms with E-state index in [0.29, 0.717) is 6.10 Å². The maximum absolute atomic E-state index is 8.94. The van der Waals surface area contributed by atoms with Crippen molar-refractivity contribution < 1.29 is 9.94 Å². The third kappa shape index (κ3) is 3.04. The van der Waals surface area contributed by atoms with Crippen LogP contribution in [0.2, 0.25) is 0 Å². The molecular weight excluding hydrogens is 254 g/mol. The molecule has 1 fully saturated rings. The Morgan fingerprint density at radius 2 is 2.15 bits per heavy atom. The van der Waals surface area contributed by atoms with E-state index in [1.165, 1.54) is 0 Å². The van der Waals surface area contributed by atoms with Crippen molar-refractivity contribution in [2.45, 2.75) is 32.8 Å². The topological polar surface area (TPSA) is 71.1 Å². The van der Waals surface area contributed by atoms with Gasteiger partial charge in [-0.2, -0.15) is 0 Å². The average molecular weight is 277 g/mol. The number of rotatable bonds is 4. The van der Waals surface area contributed by atoms with E-state index in [4.69, 9.17) is 15.7 Å². The second-order valence-electron chi connectivity index (χ2n) is 5.10. The molecule has 2 rings (SSSR count).